The van der Waals surface area contributed by atoms with Crippen molar-refractivity contribution in [3.8, 4) is 17.1 Å². The molecule has 0 radical (unpaired) electrons. The van der Waals surface area contributed by atoms with E-state index >= 15 is 0 Å². The van der Waals surface area contributed by atoms with E-state index in [1.807, 2.05) is 47.1 Å². The molecule has 27 heavy (non-hydrogen) atoms. The number of aryl methyl sites for hydroxylation is 3. The molecule has 0 fully saturated rings. The van der Waals surface area contributed by atoms with Gasteiger partial charge in [0.25, 0.3) is 0 Å². The number of methoxy groups -OCH3 is 1. The lowest BCUT2D eigenvalue weighted by Gasteiger charge is -2.01. The van der Waals surface area contributed by atoms with Crippen LogP contribution in [0.25, 0.3) is 22.4 Å². The molecule has 0 unspecified atom stereocenters. The van der Waals surface area contributed by atoms with Crippen LogP contribution in [0, 0.1) is 0 Å². The number of ether oxygens (including phenoxy) is 1. The number of benzene rings is 2. The molecule has 0 N–H and O–H groups in total. The lowest BCUT2D eigenvalue weighted by Crippen LogP contribution is -1.98. The number of nitrogens with zero attached hydrogens (tertiary/aromatic N) is 5. The molecule has 2 aromatic carbocycles. The molecule has 4 aromatic rings. The molecule has 0 amide bonds. The summed E-state index contributed by atoms with van der Waals surface area (Å²) in [4.78, 5) is 4.52. The van der Waals surface area contributed by atoms with E-state index in [0.717, 1.165) is 41.7 Å². The first-order valence-electron chi connectivity index (χ1n) is 9.06. The van der Waals surface area contributed by atoms with E-state index in [1.54, 1.807) is 7.11 Å². The first-order valence-corrected chi connectivity index (χ1v) is 9.06. The Labute approximate surface area is 157 Å². The summed E-state index contributed by atoms with van der Waals surface area (Å²) in [6.07, 6.45) is 2.53. The van der Waals surface area contributed by atoms with Gasteiger partial charge < -0.3 is 9.26 Å². The van der Waals surface area contributed by atoms with Gasteiger partial charge in [0.2, 0.25) is 11.7 Å². The quantitative estimate of drug-likeness (QED) is 0.498. The van der Waals surface area contributed by atoms with Crippen molar-refractivity contribution < 1.29 is 9.26 Å². The lowest BCUT2D eigenvalue weighted by molar-refractivity contribution is 0.379. The van der Waals surface area contributed by atoms with E-state index in [4.69, 9.17) is 9.26 Å². The second-order valence-electron chi connectivity index (χ2n) is 6.38. The van der Waals surface area contributed by atoms with E-state index in [-0.39, 0.29) is 0 Å². The van der Waals surface area contributed by atoms with Crippen LogP contribution in [0.15, 0.2) is 47.0 Å². The van der Waals surface area contributed by atoms with Crippen LogP contribution in [0.3, 0.4) is 0 Å². The van der Waals surface area contributed by atoms with Crippen molar-refractivity contribution in [3.63, 3.8) is 0 Å². The SMILES string of the molecule is CCCn1nnc2cc(-c3noc(CCc4ccc(OC)cc4)n3)ccc21. The van der Waals surface area contributed by atoms with E-state index in [9.17, 15) is 0 Å². The Morgan fingerprint density at radius 2 is 1.93 bits per heavy atom. The Bertz CT molecular complexity index is 1040. The standard InChI is InChI=1S/C20H21N5O2/c1-3-12-25-18-10-7-15(13-17(18)22-24-25)20-21-19(27-23-20)11-6-14-4-8-16(26-2)9-5-14/h4-5,7-10,13H,3,6,11-12H2,1-2H3. The highest BCUT2D eigenvalue weighted by Gasteiger charge is 2.12. The van der Waals surface area contributed by atoms with Crippen LogP contribution in [-0.2, 0) is 19.4 Å². The smallest absolute Gasteiger partial charge is 0.227 e. The first-order chi connectivity index (χ1) is 13.3. The van der Waals surface area contributed by atoms with Gasteiger partial charge in [-0.3, -0.25) is 0 Å². The Morgan fingerprint density at radius 3 is 2.70 bits per heavy atom. The predicted molar refractivity (Wildman–Crippen MR) is 102 cm³/mol. The molecule has 0 saturated carbocycles. The molecule has 0 bridgehead atoms. The van der Waals surface area contributed by atoms with Crippen LogP contribution in [0.4, 0.5) is 0 Å². The molecule has 4 rings (SSSR count). The van der Waals surface area contributed by atoms with Gasteiger partial charge in [-0.15, -0.1) is 5.10 Å². The summed E-state index contributed by atoms with van der Waals surface area (Å²) in [7, 11) is 1.66. The third-order valence-electron chi connectivity index (χ3n) is 4.46. The van der Waals surface area contributed by atoms with Crippen LogP contribution >= 0.6 is 0 Å². The van der Waals surface area contributed by atoms with Crippen LogP contribution < -0.4 is 4.74 Å². The molecule has 2 heterocycles. The van der Waals surface area contributed by atoms with Gasteiger partial charge in [0.1, 0.15) is 11.3 Å². The molecule has 0 aliphatic rings. The highest BCUT2D eigenvalue weighted by atomic mass is 16.5. The summed E-state index contributed by atoms with van der Waals surface area (Å²) in [5, 5.41) is 12.5. The Morgan fingerprint density at radius 1 is 1.07 bits per heavy atom. The van der Waals surface area contributed by atoms with Crippen molar-refractivity contribution in [1.82, 2.24) is 25.1 Å². The van der Waals surface area contributed by atoms with Gasteiger partial charge in [0, 0.05) is 18.5 Å². The molecule has 0 spiro atoms. The molecule has 7 heteroatoms. The topological polar surface area (TPSA) is 78.9 Å². The van der Waals surface area contributed by atoms with Crippen molar-refractivity contribution in [3.05, 3.63) is 53.9 Å². The maximum absolute atomic E-state index is 5.41. The third-order valence-corrected chi connectivity index (χ3v) is 4.46. The van der Waals surface area contributed by atoms with E-state index in [0.29, 0.717) is 18.1 Å². The number of fused-ring (bicyclic) bond motifs is 1. The van der Waals surface area contributed by atoms with Crippen LogP contribution in [-0.4, -0.2) is 32.2 Å². The molecule has 0 atom stereocenters. The molecule has 0 aliphatic carbocycles. The van der Waals surface area contributed by atoms with Gasteiger partial charge in [-0.05, 0) is 48.7 Å². The van der Waals surface area contributed by atoms with Crippen molar-refractivity contribution in [2.24, 2.45) is 0 Å². The highest BCUT2D eigenvalue weighted by Crippen LogP contribution is 2.22. The third kappa shape index (κ3) is 3.67. The average molecular weight is 363 g/mol. The molecule has 138 valence electrons. The molecule has 0 saturated heterocycles. The fourth-order valence-corrected chi connectivity index (χ4v) is 3.01. The summed E-state index contributed by atoms with van der Waals surface area (Å²) in [5.41, 5.74) is 3.93. The van der Waals surface area contributed by atoms with Crippen molar-refractivity contribution in [2.45, 2.75) is 32.7 Å². The van der Waals surface area contributed by atoms with E-state index in [2.05, 4.69) is 27.4 Å². The fourth-order valence-electron chi connectivity index (χ4n) is 3.01. The minimum Gasteiger partial charge on any atom is -0.497 e. The Kier molecular flexibility index (Phi) is 4.82. The summed E-state index contributed by atoms with van der Waals surface area (Å²) >= 11 is 0. The minimum atomic E-state index is 0.576. The van der Waals surface area contributed by atoms with Gasteiger partial charge >= 0.3 is 0 Å². The lowest BCUT2D eigenvalue weighted by atomic mass is 10.1. The summed E-state index contributed by atoms with van der Waals surface area (Å²) < 4.78 is 12.5. The molecule has 0 aliphatic heterocycles. The zero-order chi connectivity index (χ0) is 18.6. The van der Waals surface area contributed by atoms with Crippen LogP contribution in [0.5, 0.6) is 5.75 Å². The van der Waals surface area contributed by atoms with Crippen molar-refractivity contribution in [2.75, 3.05) is 7.11 Å². The Hall–Kier alpha value is -3.22. The number of hydrogen-bond acceptors (Lipinski definition) is 6. The first kappa shape index (κ1) is 17.2. The zero-order valence-electron chi connectivity index (χ0n) is 15.4. The van der Waals surface area contributed by atoms with E-state index < -0.39 is 0 Å². The molecular weight excluding hydrogens is 342 g/mol. The molecule has 7 nitrogen and oxygen atoms in total. The second kappa shape index (κ2) is 7.57. The monoisotopic (exact) mass is 363 g/mol. The van der Waals surface area contributed by atoms with Gasteiger partial charge in [0.15, 0.2) is 0 Å². The predicted octanol–water partition coefficient (Wildman–Crippen LogP) is 3.69. The van der Waals surface area contributed by atoms with Crippen molar-refractivity contribution in [1.29, 1.82) is 0 Å². The number of aromatic nitrogens is 5. The van der Waals surface area contributed by atoms with Gasteiger partial charge in [-0.1, -0.05) is 29.4 Å². The minimum absolute atomic E-state index is 0.576. The normalized spacial score (nSPS) is 11.2. The summed E-state index contributed by atoms with van der Waals surface area (Å²) in [5.74, 6) is 2.05. The van der Waals surface area contributed by atoms with Crippen LogP contribution in [0.1, 0.15) is 24.8 Å². The zero-order valence-corrected chi connectivity index (χ0v) is 15.4. The van der Waals surface area contributed by atoms with Gasteiger partial charge in [-0.2, -0.15) is 4.98 Å². The number of hydrogen-bond donors (Lipinski definition) is 0. The van der Waals surface area contributed by atoms with E-state index in [1.165, 1.54) is 5.56 Å². The highest BCUT2D eigenvalue weighted by molar-refractivity contribution is 5.79. The second-order valence-corrected chi connectivity index (χ2v) is 6.38. The molecule has 2 aromatic heterocycles. The average Bonchev–Trinajstić information content (AvgIpc) is 3.34. The fraction of sp³-hybridized carbons (Fsp3) is 0.300. The maximum Gasteiger partial charge on any atom is 0.227 e. The van der Waals surface area contributed by atoms with Crippen LogP contribution in [0.2, 0.25) is 0 Å². The molecular formula is C20H21N5O2. The van der Waals surface area contributed by atoms with Gasteiger partial charge in [-0.25, -0.2) is 4.68 Å². The summed E-state index contributed by atoms with van der Waals surface area (Å²) in [6.45, 7) is 2.97. The maximum atomic E-state index is 5.41. The van der Waals surface area contributed by atoms with Crippen molar-refractivity contribution >= 4 is 11.0 Å². The Balaban J connectivity index is 1.47. The number of rotatable bonds is 7. The summed E-state index contributed by atoms with van der Waals surface area (Å²) in [6, 6.07) is 13.9. The largest absolute Gasteiger partial charge is 0.497 e. The van der Waals surface area contributed by atoms with Gasteiger partial charge in [0.05, 0.1) is 12.6 Å².